The number of halogens is 3. The van der Waals surface area contributed by atoms with Crippen LogP contribution in [-0.4, -0.2) is 11.9 Å². The fourth-order valence-corrected chi connectivity index (χ4v) is 0.322. The first-order valence-electron chi connectivity index (χ1n) is 2.81. The van der Waals surface area contributed by atoms with Crippen molar-refractivity contribution in [1.82, 2.24) is 0 Å². The van der Waals surface area contributed by atoms with Crippen LogP contribution in [0.5, 0.6) is 0 Å². The number of rotatable bonds is 2. The van der Waals surface area contributed by atoms with Crippen molar-refractivity contribution in [2.75, 3.05) is 0 Å². The van der Waals surface area contributed by atoms with Gasteiger partial charge in [-0.1, -0.05) is 13.2 Å². The van der Waals surface area contributed by atoms with Gasteiger partial charge >= 0.3 is 6.18 Å². The van der Waals surface area contributed by atoms with Gasteiger partial charge in [-0.2, -0.15) is 13.2 Å². The minimum atomic E-state index is -4.44. The highest BCUT2D eigenvalue weighted by Gasteiger charge is 2.31. The molecule has 0 N–H and O–H groups in total. The first kappa shape index (κ1) is 9.94. The van der Waals surface area contributed by atoms with Gasteiger partial charge in [-0.25, -0.2) is 4.99 Å². The molecule has 0 heterocycles. The summed E-state index contributed by atoms with van der Waals surface area (Å²) in [6.45, 7) is 7.43. The van der Waals surface area contributed by atoms with Crippen molar-refractivity contribution < 1.29 is 13.2 Å². The quantitative estimate of drug-likeness (QED) is 0.555. The summed E-state index contributed by atoms with van der Waals surface area (Å²) in [4.78, 5) is 3.15. The summed E-state index contributed by atoms with van der Waals surface area (Å²) in [5, 5.41) is 0. The van der Waals surface area contributed by atoms with Crippen LogP contribution in [0, 0.1) is 0 Å². The van der Waals surface area contributed by atoms with Crippen LogP contribution in [-0.2, 0) is 0 Å². The summed E-state index contributed by atoms with van der Waals surface area (Å²) in [7, 11) is 0. The lowest BCUT2D eigenvalue weighted by atomic mass is 10.4. The third kappa shape index (κ3) is 3.60. The van der Waals surface area contributed by atoms with E-state index in [2.05, 4.69) is 18.2 Å². The molecule has 62 valence electrons. The number of nitrogens with zero attached hydrogens (tertiary/aromatic N) is 1. The second-order valence-electron chi connectivity index (χ2n) is 1.90. The van der Waals surface area contributed by atoms with Gasteiger partial charge in [-0.3, -0.25) is 0 Å². The van der Waals surface area contributed by atoms with E-state index in [0.717, 1.165) is 0 Å². The lowest BCUT2D eigenvalue weighted by molar-refractivity contribution is -0.0919. The van der Waals surface area contributed by atoms with Gasteiger partial charge in [0.2, 0.25) is 0 Å². The molecular formula is C7H8F3N. The van der Waals surface area contributed by atoms with E-state index in [9.17, 15) is 13.2 Å². The predicted molar refractivity (Wildman–Crippen MR) is 38.5 cm³/mol. The molecule has 0 aromatic rings. The third-order valence-corrected chi connectivity index (χ3v) is 0.934. The van der Waals surface area contributed by atoms with E-state index >= 15 is 0 Å². The zero-order valence-corrected chi connectivity index (χ0v) is 6.07. The minimum absolute atomic E-state index is 0.201. The maximum absolute atomic E-state index is 11.7. The molecule has 0 aliphatic rings. The first-order valence-corrected chi connectivity index (χ1v) is 2.81. The molecule has 0 radical (unpaired) electrons. The summed E-state index contributed by atoms with van der Waals surface area (Å²) in [6.07, 6.45) is -3.21. The molecule has 0 saturated carbocycles. The van der Waals surface area contributed by atoms with Crippen molar-refractivity contribution in [3.05, 3.63) is 24.9 Å². The Morgan fingerprint density at radius 3 is 2.18 bits per heavy atom. The Bertz CT molecular complexity index is 200. The van der Waals surface area contributed by atoms with Crippen molar-refractivity contribution in [2.24, 2.45) is 4.99 Å². The molecule has 1 nitrogen and oxygen atoms in total. The van der Waals surface area contributed by atoms with Crippen molar-refractivity contribution in [1.29, 1.82) is 0 Å². The van der Waals surface area contributed by atoms with Crippen LogP contribution in [0.4, 0.5) is 13.2 Å². The van der Waals surface area contributed by atoms with E-state index in [1.165, 1.54) is 13.0 Å². The smallest absolute Gasteiger partial charge is 0.249 e. The Labute approximate surface area is 62.9 Å². The van der Waals surface area contributed by atoms with Crippen molar-refractivity contribution in [2.45, 2.75) is 13.1 Å². The zero-order chi connectivity index (χ0) is 9.07. The van der Waals surface area contributed by atoms with E-state index in [-0.39, 0.29) is 5.71 Å². The van der Waals surface area contributed by atoms with E-state index in [1.54, 1.807) is 0 Å². The Morgan fingerprint density at radius 1 is 1.45 bits per heavy atom. The highest BCUT2D eigenvalue weighted by Crippen LogP contribution is 2.24. The summed E-state index contributed by atoms with van der Waals surface area (Å²) in [5.41, 5.74) is -0.901. The molecule has 4 heteroatoms. The topological polar surface area (TPSA) is 12.4 Å². The van der Waals surface area contributed by atoms with Crippen molar-refractivity contribution >= 4 is 5.71 Å². The van der Waals surface area contributed by atoms with Crippen LogP contribution >= 0.6 is 0 Å². The molecule has 0 aromatic carbocycles. The molecule has 0 amide bonds. The van der Waals surface area contributed by atoms with Crippen LogP contribution in [0.2, 0.25) is 0 Å². The molecule has 0 spiro atoms. The highest BCUT2D eigenvalue weighted by atomic mass is 19.4. The van der Waals surface area contributed by atoms with Gasteiger partial charge in [0.25, 0.3) is 0 Å². The van der Waals surface area contributed by atoms with Crippen LogP contribution in [0.15, 0.2) is 29.9 Å². The molecule has 0 aromatic heterocycles. The Hall–Kier alpha value is -1.06. The molecule has 0 aliphatic carbocycles. The SMILES string of the molecule is C=CC(C)=NC(=C)C(F)(F)F. The molecule has 0 unspecified atom stereocenters. The van der Waals surface area contributed by atoms with Gasteiger partial charge in [-0.15, -0.1) is 0 Å². The maximum atomic E-state index is 11.7. The van der Waals surface area contributed by atoms with Gasteiger partial charge in [0.05, 0.1) is 0 Å². The summed E-state index contributed by atoms with van der Waals surface area (Å²) in [5.74, 6) is 0. The van der Waals surface area contributed by atoms with Crippen LogP contribution in [0.1, 0.15) is 6.92 Å². The first-order chi connectivity index (χ1) is 4.88. The number of alkyl halides is 3. The number of allylic oxidation sites excluding steroid dienone is 2. The summed E-state index contributed by atoms with van der Waals surface area (Å²) in [6, 6.07) is 0. The number of hydrogen-bond acceptors (Lipinski definition) is 1. The van der Waals surface area contributed by atoms with E-state index < -0.39 is 11.9 Å². The summed E-state index contributed by atoms with van der Waals surface area (Å²) < 4.78 is 35.1. The molecule has 0 fully saturated rings. The van der Waals surface area contributed by atoms with Gasteiger partial charge in [0.1, 0.15) is 5.70 Å². The summed E-state index contributed by atoms with van der Waals surface area (Å²) >= 11 is 0. The predicted octanol–water partition coefficient (Wildman–Crippen LogP) is 2.71. The molecule has 0 atom stereocenters. The van der Waals surface area contributed by atoms with Crippen LogP contribution < -0.4 is 0 Å². The fraction of sp³-hybridized carbons (Fsp3) is 0.286. The molecule has 0 saturated heterocycles. The maximum Gasteiger partial charge on any atom is 0.432 e. The second-order valence-corrected chi connectivity index (χ2v) is 1.90. The largest absolute Gasteiger partial charge is 0.432 e. The van der Waals surface area contributed by atoms with E-state index in [0.29, 0.717) is 0 Å². The van der Waals surface area contributed by atoms with Crippen molar-refractivity contribution in [3.8, 4) is 0 Å². The number of aliphatic imine (C=N–C) groups is 1. The number of hydrogen-bond donors (Lipinski definition) is 0. The average Bonchev–Trinajstić information content (AvgIpc) is 1.85. The lowest BCUT2D eigenvalue weighted by Gasteiger charge is -2.04. The Kier molecular flexibility index (Phi) is 3.04. The van der Waals surface area contributed by atoms with Crippen LogP contribution in [0.25, 0.3) is 0 Å². The Balaban J connectivity index is 4.42. The molecular weight excluding hydrogens is 155 g/mol. The second kappa shape index (κ2) is 3.37. The minimum Gasteiger partial charge on any atom is -0.249 e. The Morgan fingerprint density at radius 2 is 1.91 bits per heavy atom. The standard InChI is InChI=1S/C7H8F3N/c1-4-5(2)11-6(3)7(8,9)10/h4H,1,3H2,2H3. The van der Waals surface area contributed by atoms with Gasteiger partial charge in [-0.05, 0) is 13.0 Å². The lowest BCUT2D eigenvalue weighted by Crippen LogP contribution is -2.09. The molecule has 11 heavy (non-hydrogen) atoms. The third-order valence-electron chi connectivity index (χ3n) is 0.934. The normalized spacial score (nSPS) is 12.9. The molecule has 0 aliphatic heterocycles. The van der Waals surface area contributed by atoms with Crippen molar-refractivity contribution in [3.63, 3.8) is 0 Å². The van der Waals surface area contributed by atoms with Gasteiger partial charge in [0.15, 0.2) is 0 Å². The highest BCUT2D eigenvalue weighted by molar-refractivity contribution is 5.92. The van der Waals surface area contributed by atoms with Gasteiger partial charge < -0.3 is 0 Å². The van der Waals surface area contributed by atoms with E-state index in [4.69, 9.17) is 0 Å². The molecule has 0 rings (SSSR count). The fourth-order valence-electron chi connectivity index (χ4n) is 0.322. The average molecular weight is 163 g/mol. The van der Waals surface area contributed by atoms with Gasteiger partial charge in [0, 0.05) is 5.71 Å². The van der Waals surface area contributed by atoms with Crippen LogP contribution in [0.3, 0.4) is 0 Å². The molecule has 0 bridgehead atoms. The zero-order valence-electron chi connectivity index (χ0n) is 6.07. The van der Waals surface area contributed by atoms with E-state index in [1.807, 2.05) is 0 Å². The monoisotopic (exact) mass is 163 g/mol.